The highest BCUT2D eigenvalue weighted by atomic mass is 32.2. The molecule has 0 atom stereocenters. The van der Waals surface area contributed by atoms with Crippen LogP contribution in [0.1, 0.15) is 0 Å². The molecule has 0 saturated heterocycles. The fraction of sp³-hybridized carbons (Fsp3) is 0.167. The number of hydrogen-bond donors (Lipinski definition) is 1. The number of aryl methyl sites for hydroxylation is 1. The Morgan fingerprint density at radius 3 is 2.42 bits per heavy atom. The molecule has 124 valence electrons. The first-order chi connectivity index (χ1) is 11.7. The number of nitrogens with one attached hydrogen (secondary N) is 1. The molecule has 1 aromatic heterocycles. The summed E-state index contributed by atoms with van der Waals surface area (Å²) >= 11 is 1.50. The van der Waals surface area contributed by atoms with Gasteiger partial charge >= 0.3 is 0 Å². The summed E-state index contributed by atoms with van der Waals surface area (Å²) in [6.07, 6.45) is 0. The number of benzene rings is 2. The van der Waals surface area contributed by atoms with Crippen LogP contribution in [0.4, 0.5) is 5.82 Å². The third kappa shape index (κ3) is 3.49. The summed E-state index contributed by atoms with van der Waals surface area (Å²) < 4.78 is 15.7. The van der Waals surface area contributed by atoms with E-state index in [1.54, 1.807) is 14.2 Å². The lowest BCUT2D eigenvalue weighted by Gasteiger charge is -2.10. The minimum atomic E-state index is 0.708. The van der Waals surface area contributed by atoms with Crippen LogP contribution in [0.3, 0.4) is 0 Å². The first-order valence-corrected chi connectivity index (χ1v) is 8.27. The average Bonchev–Trinajstić information content (AvgIpc) is 3.01. The van der Waals surface area contributed by atoms with Crippen molar-refractivity contribution in [1.29, 1.82) is 0 Å². The molecule has 0 bridgehead atoms. The molecule has 1 N–H and O–H groups in total. The number of methoxy groups -OCH3 is 2. The maximum absolute atomic E-state index is 5.33. The van der Waals surface area contributed by atoms with Gasteiger partial charge in [0, 0.05) is 23.6 Å². The van der Waals surface area contributed by atoms with Gasteiger partial charge in [-0.25, -0.2) is 0 Å². The molecule has 0 aliphatic heterocycles. The summed E-state index contributed by atoms with van der Waals surface area (Å²) in [6, 6.07) is 18.0. The Balaban J connectivity index is 1.74. The van der Waals surface area contributed by atoms with Crippen molar-refractivity contribution in [2.45, 2.75) is 4.90 Å². The maximum Gasteiger partial charge on any atom is 0.161 e. The second-order valence-electron chi connectivity index (χ2n) is 5.13. The number of hydrogen-bond acceptors (Lipinski definition) is 5. The topological polar surface area (TPSA) is 48.3 Å². The van der Waals surface area contributed by atoms with E-state index in [1.165, 1.54) is 11.9 Å². The van der Waals surface area contributed by atoms with Crippen LogP contribution in [-0.2, 0) is 7.05 Å². The van der Waals surface area contributed by atoms with Crippen molar-refractivity contribution in [3.63, 3.8) is 0 Å². The largest absolute Gasteiger partial charge is 0.493 e. The van der Waals surface area contributed by atoms with Gasteiger partial charge in [-0.3, -0.25) is 4.68 Å². The smallest absolute Gasteiger partial charge is 0.161 e. The Kier molecular flexibility index (Phi) is 4.96. The number of anilines is 1. The predicted molar refractivity (Wildman–Crippen MR) is 97.7 cm³/mol. The van der Waals surface area contributed by atoms with E-state index >= 15 is 0 Å². The van der Waals surface area contributed by atoms with E-state index in [-0.39, 0.29) is 0 Å². The van der Waals surface area contributed by atoms with Crippen molar-refractivity contribution in [2.24, 2.45) is 7.05 Å². The fourth-order valence-corrected chi connectivity index (χ4v) is 3.02. The summed E-state index contributed by atoms with van der Waals surface area (Å²) in [4.78, 5) is 1.02. The van der Waals surface area contributed by atoms with Gasteiger partial charge in [-0.05, 0) is 30.1 Å². The van der Waals surface area contributed by atoms with Crippen LogP contribution in [0.5, 0.6) is 11.5 Å². The molecular weight excluding hydrogens is 322 g/mol. The summed E-state index contributed by atoms with van der Waals surface area (Å²) in [5.74, 6) is 2.35. The van der Waals surface area contributed by atoms with E-state index in [1.807, 2.05) is 66.3 Å². The van der Waals surface area contributed by atoms with Crippen molar-refractivity contribution in [1.82, 2.24) is 9.78 Å². The first kappa shape index (κ1) is 16.3. The third-order valence-corrected chi connectivity index (χ3v) is 4.38. The Hall–Kier alpha value is -2.60. The van der Waals surface area contributed by atoms with Gasteiger partial charge in [-0.1, -0.05) is 30.3 Å². The fourth-order valence-electron chi connectivity index (χ4n) is 2.30. The summed E-state index contributed by atoms with van der Waals surface area (Å²) in [7, 11) is 5.18. The Morgan fingerprint density at radius 1 is 0.958 bits per heavy atom. The van der Waals surface area contributed by atoms with Crippen LogP contribution in [0.2, 0.25) is 0 Å². The van der Waals surface area contributed by atoms with Gasteiger partial charge < -0.3 is 14.2 Å². The molecule has 0 unspecified atom stereocenters. The number of ether oxygens (including phenoxy) is 2. The Morgan fingerprint density at radius 2 is 1.71 bits per heavy atom. The van der Waals surface area contributed by atoms with Gasteiger partial charge in [-0.2, -0.15) is 5.10 Å². The number of aromatic nitrogens is 2. The molecule has 6 heteroatoms. The van der Waals surface area contributed by atoms with Crippen molar-refractivity contribution in [3.05, 3.63) is 54.6 Å². The van der Waals surface area contributed by atoms with Crippen LogP contribution in [-0.4, -0.2) is 24.0 Å². The average molecular weight is 341 g/mol. The monoisotopic (exact) mass is 341 g/mol. The SMILES string of the molecule is COc1ccc(SNc2cc(-c3ccccc3)nn2C)cc1OC. The molecule has 0 aliphatic carbocycles. The highest BCUT2D eigenvalue weighted by molar-refractivity contribution is 8.00. The molecule has 3 aromatic rings. The first-order valence-electron chi connectivity index (χ1n) is 7.45. The lowest BCUT2D eigenvalue weighted by Crippen LogP contribution is -1.97. The van der Waals surface area contributed by atoms with E-state index in [9.17, 15) is 0 Å². The lowest BCUT2D eigenvalue weighted by atomic mass is 10.2. The van der Waals surface area contributed by atoms with Crippen molar-refractivity contribution >= 4 is 17.8 Å². The van der Waals surface area contributed by atoms with Gasteiger partial charge in [0.1, 0.15) is 5.82 Å². The highest BCUT2D eigenvalue weighted by Gasteiger charge is 2.09. The Bertz CT molecular complexity index is 818. The quantitative estimate of drug-likeness (QED) is 0.680. The zero-order valence-corrected chi connectivity index (χ0v) is 14.6. The van der Waals surface area contributed by atoms with Gasteiger partial charge in [-0.15, -0.1) is 0 Å². The van der Waals surface area contributed by atoms with E-state index in [4.69, 9.17) is 9.47 Å². The van der Waals surface area contributed by atoms with Crippen LogP contribution < -0.4 is 14.2 Å². The maximum atomic E-state index is 5.33. The minimum absolute atomic E-state index is 0.708. The lowest BCUT2D eigenvalue weighted by molar-refractivity contribution is 0.354. The summed E-state index contributed by atoms with van der Waals surface area (Å²) in [5.41, 5.74) is 2.03. The molecule has 1 heterocycles. The zero-order chi connectivity index (χ0) is 16.9. The number of rotatable bonds is 6. The minimum Gasteiger partial charge on any atom is -0.493 e. The standard InChI is InChI=1S/C18H19N3O2S/c1-21-18(12-15(19-21)13-7-5-4-6-8-13)20-24-14-9-10-16(22-2)17(11-14)23-3/h4-12,20H,1-3H3. The summed E-state index contributed by atoms with van der Waals surface area (Å²) in [5, 5.41) is 4.55. The second kappa shape index (κ2) is 7.31. The summed E-state index contributed by atoms with van der Waals surface area (Å²) in [6.45, 7) is 0. The van der Waals surface area contributed by atoms with Crippen LogP contribution in [0.15, 0.2) is 59.5 Å². The van der Waals surface area contributed by atoms with Gasteiger partial charge in [0.2, 0.25) is 0 Å². The second-order valence-corrected chi connectivity index (χ2v) is 6.01. The third-order valence-electron chi connectivity index (χ3n) is 3.58. The van der Waals surface area contributed by atoms with Crippen LogP contribution in [0.25, 0.3) is 11.3 Å². The van der Waals surface area contributed by atoms with Crippen molar-refractivity contribution < 1.29 is 9.47 Å². The van der Waals surface area contributed by atoms with Gasteiger partial charge in [0.05, 0.1) is 19.9 Å². The molecule has 3 rings (SSSR count). The highest BCUT2D eigenvalue weighted by Crippen LogP contribution is 2.32. The molecule has 5 nitrogen and oxygen atoms in total. The molecule has 0 amide bonds. The van der Waals surface area contributed by atoms with Crippen LogP contribution in [0, 0.1) is 0 Å². The zero-order valence-electron chi connectivity index (χ0n) is 13.8. The van der Waals surface area contributed by atoms with Gasteiger partial charge in [0.15, 0.2) is 11.5 Å². The molecule has 2 aromatic carbocycles. The molecule has 0 aliphatic rings. The number of nitrogens with zero attached hydrogens (tertiary/aromatic N) is 2. The van der Waals surface area contributed by atoms with Crippen molar-refractivity contribution in [3.8, 4) is 22.8 Å². The van der Waals surface area contributed by atoms with E-state index in [0.717, 1.165) is 22.0 Å². The van der Waals surface area contributed by atoms with Crippen LogP contribution >= 0.6 is 11.9 Å². The normalized spacial score (nSPS) is 10.5. The molecule has 0 spiro atoms. The molecule has 24 heavy (non-hydrogen) atoms. The van der Waals surface area contributed by atoms with Gasteiger partial charge in [0.25, 0.3) is 0 Å². The van der Waals surface area contributed by atoms with E-state index in [0.29, 0.717) is 11.5 Å². The molecule has 0 saturated carbocycles. The Labute approximate surface area is 145 Å². The molecule has 0 fully saturated rings. The predicted octanol–water partition coefficient (Wildman–Crippen LogP) is 4.22. The van der Waals surface area contributed by atoms with Crippen molar-refractivity contribution in [2.75, 3.05) is 18.9 Å². The molecular formula is C18H19N3O2S. The van der Waals surface area contributed by atoms with E-state index in [2.05, 4.69) is 9.82 Å². The van der Waals surface area contributed by atoms with E-state index < -0.39 is 0 Å². The molecule has 0 radical (unpaired) electrons.